The maximum absolute atomic E-state index is 12.1. The van der Waals surface area contributed by atoms with Crippen LogP contribution in [0.4, 0.5) is 0 Å². The minimum absolute atomic E-state index is 0.250. The second kappa shape index (κ2) is 6.37. The van der Waals surface area contributed by atoms with Crippen LogP contribution in [0.1, 0.15) is 19.4 Å². The van der Waals surface area contributed by atoms with Gasteiger partial charge in [-0.1, -0.05) is 30.3 Å². The Morgan fingerprint density at radius 1 is 1.30 bits per heavy atom. The van der Waals surface area contributed by atoms with Crippen molar-refractivity contribution >= 4 is 15.7 Å². The van der Waals surface area contributed by atoms with Crippen molar-refractivity contribution in [1.29, 1.82) is 0 Å². The Kier molecular flexibility index (Phi) is 5.30. The average molecular weight is 299 g/mol. The van der Waals surface area contributed by atoms with Crippen LogP contribution in [0, 0.1) is 0 Å². The second-order valence-electron chi connectivity index (χ2n) is 5.33. The van der Waals surface area contributed by atoms with Crippen LogP contribution in [0.2, 0.25) is 0 Å². The molecule has 0 spiro atoms. The Morgan fingerprint density at radius 3 is 2.30 bits per heavy atom. The summed E-state index contributed by atoms with van der Waals surface area (Å²) in [6, 6.07) is 8.87. The van der Waals surface area contributed by atoms with Crippen molar-refractivity contribution in [2.75, 3.05) is 12.9 Å². The molecule has 0 heterocycles. The normalized spacial score (nSPS) is 13.8. The molecular weight excluding hydrogens is 278 g/mol. The van der Waals surface area contributed by atoms with Gasteiger partial charge in [0, 0.05) is 6.26 Å². The van der Waals surface area contributed by atoms with Crippen molar-refractivity contribution < 1.29 is 18.3 Å². The van der Waals surface area contributed by atoms with Crippen molar-refractivity contribution in [3.63, 3.8) is 0 Å². The lowest BCUT2D eigenvalue weighted by atomic mass is 10.1. The van der Waals surface area contributed by atoms with E-state index in [1.165, 1.54) is 13.8 Å². The highest BCUT2D eigenvalue weighted by Gasteiger charge is 2.39. The molecule has 1 amide bonds. The topological polar surface area (TPSA) is 83.5 Å². The largest absolute Gasteiger partial charge is 0.394 e. The third-order valence-corrected chi connectivity index (χ3v) is 5.39. The van der Waals surface area contributed by atoms with E-state index in [9.17, 15) is 18.3 Å². The van der Waals surface area contributed by atoms with E-state index in [4.69, 9.17) is 0 Å². The molecule has 112 valence electrons. The number of hydrogen-bond donors (Lipinski definition) is 2. The highest BCUT2D eigenvalue weighted by molar-refractivity contribution is 7.92. The van der Waals surface area contributed by atoms with Gasteiger partial charge >= 0.3 is 0 Å². The van der Waals surface area contributed by atoms with E-state index in [0.29, 0.717) is 6.42 Å². The molecule has 1 rings (SSSR count). The minimum Gasteiger partial charge on any atom is -0.394 e. The number of amides is 1. The number of rotatable bonds is 6. The molecule has 1 aromatic rings. The van der Waals surface area contributed by atoms with Crippen molar-refractivity contribution in [3.8, 4) is 0 Å². The van der Waals surface area contributed by atoms with Gasteiger partial charge in [-0.25, -0.2) is 8.42 Å². The zero-order valence-electron chi connectivity index (χ0n) is 12.0. The van der Waals surface area contributed by atoms with Gasteiger partial charge in [0.1, 0.15) is 4.75 Å². The number of sulfone groups is 1. The molecule has 0 aromatic heterocycles. The van der Waals surface area contributed by atoms with Gasteiger partial charge in [0.15, 0.2) is 9.84 Å². The van der Waals surface area contributed by atoms with E-state index in [0.717, 1.165) is 11.8 Å². The number of hydrogen-bond acceptors (Lipinski definition) is 4. The van der Waals surface area contributed by atoms with E-state index in [1.54, 1.807) is 0 Å². The summed E-state index contributed by atoms with van der Waals surface area (Å²) in [7, 11) is -3.52. The van der Waals surface area contributed by atoms with Gasteiger partial charge in [-0.3, -0.25) is 4.79 Å². The summed E-state index contributed by atoms with van der Waals surface area (Å²) >= 11 is 0. The number of aliphatic hydroxyl groups is 1. The summed E-state index contributed by atoms with van der Waals surface area (Å²) in [5.74, 6) is -0.602. The number of aliphatic hydroxyl groups excluding tert-OH is 1. The number of carbonyl (C=O) groups excluding carboxylic acids is 1. The summed E-state index contributed by atoms with van der Waals surface area (Å²) in [6.45, 7) is 2.46. The highest BCUT2D eigenvalue weighted by Crippen LogP contribution is 2.15. The molecule has 1 atom stereocenters. The molecule has 0 bridgehead atoms. The van der Waals surface area contributed by atoms with Gasteiger partial charge in [-0.05, 0) is 25.8 Å². The molecule has 0 radical (unpaired) electrons. The monoisotopic (exact) mass is 299 g/mol. The molecule has 5 nitrogen and oxygen atoms in total. The number of carbonyl (C=O) groups is 1. The predicted octanol–water partition coefficient (Wildman–Crippen LogP) is 0.529. The van der Waals surface area contributed by atoms with Gasteiger partial charge in [0.05, 0.1) is 12.6 Å². The first-order valence-corrected chi connectivity index (χ1v) is 8.23. The van der Waals surface area contributed by atoms with E-state index in [2.05, 4.69) is 5.32 Å². The summed E-state index contributed by atoms with van der Waals surface area (Å²) in [6.07, 6.45) is 1.47. The fourth-order valence-electron chi connectivity index (χ4n) is 1.59. The molecule has 0 saturated heterocycles. The van der Waals surface area contributed by atoms with Crippen molar-refractivity contribution in [3.05, 3.63) is 35.9 Å². The molecule has 6 heteroatoms. The SMILES string of the molecule is CC(C)(C(=O)NC(CO)Cc1ccccc1)S(C)(=O)=O. The Hall–Kier alpha value is -1.40. The maximum atomic E-state index is 12.1. The Labute approximate surface area is 119 Å². The van der Waals surface area contributed by atoms with E-state index in [1.807, 2.05) is 30.3 Å². The number of nitrogens with one attached hydrogen (secondary N) is 1. The zero-order chi connectivity index (χ0) is 15.4. The molecular formula is C14H21NO4S. The lowest BCUT2D eigenvalue weighted by Gasteiger charge is -2.25. The van der Waals surface area contributed by atoms with Crippen LogP contribution in [0.5, 0.6) is 0 Å². The first-order valence-electron chi connectivity index (χ1n) is 6.34. The van der Waals surface area contributed by atoms with Gasteiger partial charge in [-0.2, -0.15) is 0 Å². The van der Waals surface area contributed by atoms with Crippen LogP contribution in [-0.4, -0.2) is 43.1 Å². The van der Waals surface area contributed by atoms with E-state index < -0.39 is 26.5 Å². The summed E-state index contributed by atoms with van der Waals surface area (Å²) in [5, 5.41) is 11.9. The quantitative estimate of drug-likeness (QED) is 0.802. The lowest BCUT2D eigenvalue weighted by Crippen LogP contribution is -2.52. The molecule has 0 saturated carbocycles. The fraction of sp³-hybridized carbons (Fsp3) is 0.500. The fourth-order valence-corrected chi connectivity index (χ4v) is 1.98. The summed E-state index contributed by atoms with van der Waals surface area (Å²) in [4.78, 5) is 12.1. The second-order valence-corrected chi connectivity index (χ2v) is 7.89. The van der Waals surface area contributed by atoms with Gasteiger partial charge < -0.3 is 10.4 Å². The maximum Gasteiger partial charge on any atom is 0.241 e. The summed E-state index contributed by atoms with van der Waals surface area (Å²) in [5.41, 5.74) is 0.962. The van der Waals surface area contributed by atoms with Crippen LogP contribution in [0.3, 0.4) is 0 Å². The molecule has 0 fully saturated rings. The van der Waals surface area contributed by atoms with Crippen LogP contribution >= 0.6 is 0 Å². The average Bonchev–Trinajstić information content (AvgIpc) is 2.37. The molecule has 20 heavy (non-hydrogen) atoms. The molecule has 0 aliphatic rings. The molecule has 0 aliphatic heterocycles. The Balaban J connectivity index is 2.77. The van der Waals surface area contributed by atoms with Crippen molar-refractivity contribution in [1.82, 2.24) is 5.32 Å². The van der Waals surface area contributed by atoms with Gasteiger partial charge in [0.2, 0.25) is 5.91 Å². The number of benzene rings is 1. The van der Waals surface area contributed by atoms with Crippen molar-refractivity contribution in [2.24, 2.45) is 0 Å². The molecule has 2 N–H and O–H groups in total. The molecule has 0 aliphatic carbocycles. The zero-order valence-corrected chi connectivity index (χ0v) is 12.8. The van der Waals surface area contributed by atoms with E-state index in [-0.39, 0.29) is 6.61 Å². The van der Waals surface area contributed by atoms with Gasteiger partial charge in [0.25, 0.3) is 0 Å². The molecule has 1 aromatic carbocycles. The van der Waals surface area contributed by atoms with Crippen molar-refractivity contribution in [2.45, 2.75) is 31.1 Å². The van der Waals surface area contributed by atoms with Crippen LogP contribution in [0.25, 0.3) is 0 Å². The first kappa shape index (κ1) is 16.7. The predicted molar refractivity (Wildman–Crippen MR) is 78.1 cm³/mol. The lowest BCUT2D eigenvalue weighted by molar-refractivity contribution is -0.123. The van der Waals surface area contributed by atoms with Gasteiger partial charge in [-0.15, -0.1) is 0 Å². The minimum atomic E-state index is -3.52. The third kappa shape index (κ3) is 4.05. The highest BCUT2D eigenvalue weighted by atomic mass is 32.2. The van der Waals surface area contributed by atoms with Crippen LogP contribution in [0.15, 0.2) is 30.3 Å². The smallest absolute Gasteiger partial charge is 0.241 e. The van der Waals surface area contributed by atoms with E-state index >= 15 is 0 Å². The molecule has 1 unspecified atom stereocenters. The Bertz CT molecular complexity index is 552. The third-order valence-electron chi connectivity index (χ3n) is 3.35. The summed E-state index contributed by atoms with van der Waals surface area (Å²) < 4.78 is 21.7. The van der Waals surface area contributed by atoms with Crippen LogP contribution in [-0.2, 0) is 21.1 Å². The van der Waals surface area contributed by atoms with Crippen LogP contribution < -0.4 is 5.32 Å². The first-order chi connectivity index (χ1) is 9.18. The Morgan fingerprint density at radius 2 is 1.85 bits per heavy atom. The standard InChI is InChI=1S/C14H21NO4S/c1-14(2,20(3,18)19)13(17)15-12(10-16)9-11-7-5-4-6-8-11/h4-8,12,16H,9-10H2,1-3H3,(H,15,17).